The second-order valence-corrected chi connectivity index (χ2v) is 5.75. The SMILES string of the molecule is CCC(Nc1ccc([N+](=O)[O-])c(Nc2ccc(OC)cc2)n1)n1ccnc1. The van der Waals surface area contributed by atoms with Crippen LogP contribution >= 0.6 is 0 Å². The molecule has 0 saturated heterocycles. The second kappa shape index (κ2) is 8.17. The van der Waals surface area contributed by atoms with Crippen LogP contribution in [0.2, 0.25) is 0 Å². The number of nitro groups is 1. The number of aromatic nitrogens is 3. The van der Waals surface area contributed by atoms with Crippen molar-refractivity contribution in [3.05, 3.63) is 65.2 Å². The molecule has 0 amide bonds. The number of pyridine rings is 1. The summed E-state index contributed by atoms with van der Waals surface area (Å²) >= 11 is 0. The van der Waals surface area contributed by atoms with Crippen molar-refractivity contribution in [2.45, 2.75) is 19.5 Å². The maximum atomic E-state index is 11.4. The van der Waals surface area contributed by atoms with Gasteiger partial charge in [0, 0.05) is 24.1 Å². The van der Waals surface area contributed by atoms with E-state index in [1.54, 1.807) is 50.0 Å². The van der Waals surface area contributed by atoms with Gasteiger partial charge in [0.25, 0.3) is 0 Å². The zero-order valence-corrected chi connectivity index (χ0v) is 15.0. The molecule has 0 bridgehead atoms. The van der Waals surface area contributed by atoms with Crippen molar-refractivity contribution in [1.82, 2.24) is 14.5 Å². The summed E-state index contributed by atoms with van der Waals surface area (Å²) in [6.45, 7) is 2.03. The van der Waals surface area contributed by atoms with Crippen LogP contribution in [0.5, 0.6) is 5.75 Å². The highest BCUT2D eigenvalue weighted by atomic mass is 16.6. The molecule has 27 heavy (non-hydrogen) atoms. The van der Waals surface area contributed by atoms with Crippen LogP contribution in [-0.2, 0) is 0 Å². The lowest BCUT2D eigenvalue weighted by Gasteiger charge is -2.19. The van der Waals surface area contributed by atoms with E-state index in [9.17, 15) is 10.1 Å². The lowest BCUT2D eigenvalue weighted by molar-refractivity contribution is -0.384. The van der Waals surface area contributed by atoms with Gasteiger partial charge in [-0.25, -0.2) is 9.97 Å². The average molecular weight is 368 g/mol. The van der Waals surface area contributed by atoms with E-state index in [0.717, 1.165) is 6.42 Å². The van der Waals surface area contributed by atoms with Gasteiger partial charge in [-0.15, -0.1) is 0 Å². The molecule has 1 unspecified atom stereocenters. The van der Waals surface area contributed by atoms with E-state index < -0.39 is 4.92 Å². The van der Waals surface area contributed by atoms with Crippen LogP contribution in [-0.4, -0.2) is 26.6 Å². The number of hydrogen-bond acceptors (Lipinski definition) is 7. The monoisotopic (exact) mass is 368 g/mol. The van der Waals surface area contributed by atoms with Gasteiger partial charge >= 0.3 is 5.69 Å². The van der Waals surface area contributed by atoms with E-state index in [1.165, 1.54) is 6.07 Å². The summed E-state index contributed by atoms with van der Waals surface area (Å²) in [6, 6.07) is 10.1. The summed E-state index contributed by atoms with van der Waals surface area (Å²) in [5, 5.41) is 17.6. The van der Waals surface area contributed by atoms with Crippen molar-refractivity contribution in [2.24, 2.45) is 0 Å². The Morgan fingerprint density at radius 2 is 2.04 bits per heavy atom. The number of nitrogens with one attached hydrogen (secondary N) is 2. The standard InChI is InChI=1S/C18H20N6O3/c1-3-17(23-11-10-19-12-23)21-16-9-8-15(24(25)26)18(22-16)20-13-4-6-14(27-2)7-5-13/h4-12,17H,3H2,1-2H3,(H2,20,21,22). The molecule has 9 heteroatoms. The van der Waals surface area contributed by atoms with Crippen LogP contribution in [0.4, 0.5) is 23.0 Å². The fourth-order valence-electron chi connectivity index (χ4n) is 2.59. The summed E-state index contributed by atoms with van der Waals surface area (Å²) in [5.41, 5.74) is 0.567. The van der Waals surface area contributed by atoms with E-state index >= 15 is 0 Å². The Balaban J connectivity index is 1.86. The molecule has 0 aliphatic heterocycles. The molecular formula is C18H20N6O3. The number of benzene rings is 1. The predicted molar refractivity (Wildman–Crippen MR) is 102 cm³/mol. The number of nitrogens with zero attached hydrogens (tertiary/aromatic N) is 4. The molecule has 1 atom stereocenters. The second-order valence-electron chi connectivity index (χ2n) is 5.75. The minimum Gasteiger partial charge on any atom is -0.497 e. The van der Waals surface area contributed by atoms with Crippen molar-refractivity contribution in [3.8, 4) is 5.75 Å². The van der Waals surface area contributed by atoms with Crippen LogP contribution in [0.3, 0.4) is 0 Å². The highest BCUT2D eigenvalue weighted by Gasteiger charge is 2.18. The van der Waals surface area contributed by atoms with Crippen LogP contribution in [0.1, 0.15) is 19.5 Å². The number of anilines is 3. The molecule has 2 aromatic heterocycles. The largest absolute Gasteiger partial charge is 0.497 e. The van der Waals surface area contributed by atoms with Crippen LogP contribution in [0.15, 0.2) is 55.1 Å². The molecule has 1 aromatic carbocycles. The molecule has 3 rings (SSSR count). The molecule has 0 aliphatic carbocycles. The zero-order valence-electron chi connectivity index (χ0n) is 15.0. The fourth-order valence-corrected chi connectivity index (χ4v) is 2.59. The van der Waals surface area contributed by atoms with Gasteiger partial charge in [-0.3, -0.25) is 10.1 Å². The summed E-state index contributed by atoms with van der Waals surface area (Å²) < 4.78 is 7.04. The average Bonchev–Trinajstić information content (AvgIpc) is 3.21. The Morgan fingerprint density at radius 1 is 1.26 bits per heavy atom. The molecule has 2 N–H and O–H groups in total. The molecule has 140 valence electrons. The van der Waals surface area contributed by atoms with Crippen LogP contribution in [0.25, 0.3) is 0 Å². The number of imidazole rings is 1. The molecule has 0 spiro atoms. The molecule has 9 nitrogen and oxygen atoms in total. The summed E-state index contributed by atoms with van der Waals surface area (Å²) in [4.78, 5) is 19.3. The molecule has 0 radical (unpaired) electrons. The lowest BCUT2D eigenvalue weighted by atomic mass is 10.3. The van der Waals surface area contributed by atoms with E-state index in [4.69, 9.17) is 4.74 Å². The van der Waals surface area contributed by atoms with E-state index in [0.29, 0.717) is 17.3 Å². The molecule has 2 heterocycles. The van der Waals surface area contributed by atoms with E-state index in [1.807, 2.05) is 17.7 Å². The molecule has 0 fully saturated rings. The summed E-state index contributed by atoms with van der Waals surface area (Å²) in [7, 11) is 1.58. The fraction of sp³-hybridized carbons (Fsp3) is 0.222. The van der Waals surface area contributed by atoms with Crippen molar-refractivity contribution < 1.29 is 9.66 Å². The van der Waals surface area contributed by atoms with Gasteiger partial charge < -0.3 is 19.9 Å². The molecule has 0 saturated carbocycles. The Morgan fingerprint density at radius 3 is 2.63 bits per heavy atom. The van der Waals surface area contributed by atoms with Crippen molar-refractivity contribution in [3.63, 3.8) is 0 Å². The number of hydrogen-bond donors (Lipinski definition) is 2. The zero-order chi connectivity index (χ0) is 19.2. The van der Waals surface area contributed by atoms with Crippen LogP contribution in [0, 0.1) is 10.1 Å². The first-order valence-corrected chi connectivity index (χ1v) is 8.41. The molecular weight excluding hydrogens is 348 g/mol. The first-order chi connectivity index (χ1) is 13.1. The Bertz CT molecular complexity index is 896. The van der Waals surface area contributed by atoms with Gasteiger partial charge in [0.15, 0.2) is 0 Å². The highest BCUT2D eigenvalue weighted by molar-refractivity contribution is 5.68. The Kier molecular flexibility index (Phi) is 5.50. The van der Waals surface area contributed by atoms with Gasteiger partial charge in [-0.2, -0.15) is 0 Å². The van der Waals surface area contributed by atoms with Gasteiger partial charge in [0.2, 0.25) is 5.82 Å². The normalized spacial score (nSPS) is 11.6. The minimum absolute atomic E-state index is 0.0599. The quantitative estimate of drug-likeness (QED) is 0.458. The molecule has 0 aliphatic rings. The first kappa shape index (κ1) is 18.2. The first-order valence-electron chi connectivity index (χ1n) is 8.41. The number of rotatable bonds is 8. The maximum absolute atomic E-state index is 11.4. The smallest absolute Gasteiger partial charge is 0.311 e. The highest BCUT2D eigenvalue weighted by Crippen LogP contribution is 2.29. The van der Waals surface area contributed by atoms with Crippen molar-refractivity contribution >= 4 is 23.0 Å². The third-order valence-corrected chi connectivity index (χ3v) is 4.01. The molecule has 3 aromatic rings. The van der Waals surface area contributed by atoms with Gasteiger partial charge in [-0.05, 0) is 36.8 Å². The number of methoxy groups -OCH3 is 1. The van der Waals surface area contributed by atoms with Gasteiger partial charge in [0.05, 0.1) is 18.4 Å². The van der Waals surface area contributed by atoms with E-state index in [-0.39, 0.29) is 17.7 Å². The summed E-state index contributed by atoms with van der Waals surface area (Å²) in [6.07, 6.45) is 5.99. The lowest BCUT2D eigenvalue weighted by Crippen LogP contribution is -2.17. The number of ether oxygens (including phenoxy) is 1. The van der Waals surface area contributed by atoms with Crippen LogP contribution < -0.4 is 15.4 Å². The third kappa shape index (κ3) is 4.32. The predicted octanol–water partition coefficient (Wildman–Crippen LogP) is 3.96. The Hall–Kier alpha value is -3.62. The maximum Gasteiger partial charge on any atom is 0.311 e. The van der Waals surface area contributed by atoms with Gasteiger partial charge in [-0.1, -0.05) is 6.92 Å². The van der Waals surface area contributed by atoms with Gasteiger partial charge in [0.1, 0.15) is 17.7 Å². The third-order valence-electron chi connectivity index (χ3n) is 4.01. The van der Waals surface area contributed by atoms with Crippen molar-refractivity contribution in [1.29, 1.82) is 0 Å². The summed E-state index contributed by atoms with van der Waals surface area (Å²) in [5.74, 6) is 1.39. The van der Waals surface area contributed by atoms with Crippen molar-refractivity contribution in [2.75, 3.05) is 17.7 Å². The van der Waals surface area contributed by atoms with E-state index in [2.05, 4.69) is 20.6 Å². The Labute approximate surface area is 156 Å². The topological polar surface area (TPSA) is 107 Å². The minimum atomic E-state index is -0.462.